The molecule has 4 atom stereocenters. The zero-order valence-corrected chi connectivity index (χ0v) is 9.43. The molecule has 0 bridgehead atoms. The molecule has 0 radical (unpaired) electrons. The van der Waals surface area contributed by atoms with Gasteiger partial charge in [-0.25, -0.2) is 0 Å². The average Bonchev–Trinajstić information content (AvgIpc) is 2.20. The van der Waals surface area contributed by atoms with Gasteiger partial charge in [0.1, 0.15) is 6.10 Å². The van der Waals surface area contributed by atoms with Crippen molar-refractivity contribution in [2.75, 3.05) is 12.9 Å². The summed E-state index contributed by atoms with van der Waals surface area (Å²) in [5.74, 6) is -0.570. The molecule has 0 aliphatic carbocycles. The fraction of sp³-hybridized carbons (Fsp3) is 1.00. The minimum absolute atomic E-state index is 0.157. The maximum atomic E-state index is 10.00. The van der Waals surface area contributed by atoms with Crippen molar-refractivity contribution in [3.05, 3.63) is 0 Å². The molecule has 0 aromatic heterocycles. The van der Waals surface area contributed by atoms with Gasteiger partial charge in [-0.05, 0) is 13.8 Å². The van der Waals surface area contributed by atoms with Crippen LogP contribution < -0.4 is 0 Å². The Kier molecular flexibility index (Phi) is 3.63. The maximum absolute atomic E-state index is 10.00. The Hall–Kier alpha value is 0.230. The molecule has 1 N–H and O–H groups in total. The highest BCUT2D eigenvalue weighted by Gasteiger charge is 2.40. The summed E-state index contributed by atoms with van der Waals surface area (Å²) in [4.78, 5) is 0. The minimum atomic E-state index is -1.14. The zero-order chi connectivity index (χ0) is 10.1. The van der Waals surface area contributed by atoms with Crippen molar-refractivity contribution in [2.24, 2.45) is 0 Å². The molecule has 0 saturated carbocycles. The predicted molar refractivity (Wildman–Crippen MR) is 53.9 cm³/mol. The van der Waals surface area contributed by atoms with Crippen molar-refractivity contribution >= 4 is 11.8 Å². The number of hydrogen-bond acceptors (Lipinski definition) is 4. The summed E-state index contributed by atoms with van der Waals surface area (Å²) >= 11 is 1.68. The van der Waals surface area contributed by atoms with E-state index in [9.17, 15) is 5.11 Å². The lowest BCUT2D eigenvalue weighted by Gasteiger charge is -2.30. The molecule has 0 spiro atoms. The Bertz CT molecular complexity index is 176. The highest BCUT2D eigenvalue weighted by atomic mass is 32.2. The van der Waals surface area contributed by atoms with Crippen molar-refractivity contribution in [3.8, 4) is 0 Å². The van der Waals surface area contributed by atoms with Gasteiger partial charge in [0.25, 0.3) is 0 Å². The van der Waals surface area contributed by atoms with E-state index in [0.717, 1.165) is 0 Å². The number of ether oxygens (including phenoxy) is 2. The van der Waals surface area contributed by atoms with Crippen LogP contribution in [0.25, 0.3) is 0 Å². The second-order valence-electron chi connectivity index (χ2n) is 3.55. The molecule has 1 heterocycles. The second-order valence-corrected chi connectivity index (χ2v) is 4.91. The van der Waals surface area contributed by atoms with Crippen LogP contribution in [0.4, 0.5) is 0 Å². The van der Waals surface area contributed by atoms with E-state index in [-0.39, 0.29) is 12.2 Å². The Morgan fingerprint density at radius 1 is 1.46 bits per heavy atom. The van der Waals surface area contributed by atoms with Gasteiger partial charge in [-0.3, -0.25) is 0 Å². The van der Waals surface area contributed by atoms with E-state index in [1.54, 1.807) is 11.8 Å². The summed E-state index contributed by atoms with van der Waals surface area (Å²) in [5, 5.41) is 10.4. The zero-order valence-electron chi connectivity index (χ0n) is 8.61. The molecule has 3 nitrogen and oxygen atoms in total. The number of rotatable bonds is 1. The summed E-state index contributed by atoms with van der Waals surface area (Å²) in [6, 6.07) is 0. The third-order valence-electron chi connectivity index (χ3n) is 2.62. The van der Waals surface area contributed by atoms with Gasteiger partial charge in [0, 0.05) is 12.4 Å². The SMILES string of the molecule is COC1(O)CSC(C)C(C)OC1C. The topological polar surface area (TPSA) is 38.7 Å². The van der Waals surface area contributed by atoms with Crippen LogP contribution in [0.5, 0.6) is 0 Å². The van der Waals surface area contributed by atoms with E-state index in [2.05, 4.69) is 6.92 Å². The summed E-state index contributed by atoms with van der Waals surface area (Å²) in [5.41, 5.74) is 0. The van der Waals surface area contributed by atoms with Crippen molar-refractivity contribution in [2.45, 2.75) is 44.0 Å². The highest BCUT2D eigenvalue weighted by molar-refractivity contribution is 8.00. The van der Waals surface area contributed by atoms with Crippen molar-refractivity contribution < 1.29 is 14.6 Å². The standard InChI is InChI=1S/C9H18O3S/c1-6-7(2)13-5-9(10,11-4)8(3)12-6/h6-8,10H,5H2,1-4H3. The van der Waals surface area contributed by atoms with Gasteiger partial charge >= 0.3 is 0 Å². The van der Waals surface area contributed by atoms with E-state index in [0.29, 0.717) is 11.0 Å². The molecule has 0 aromatic rings. The molecule has 1 fully saturated rings. The number of methoxy groups -OCH3 is 1. The molecule has 1 rings (SSSR count). The first-order valence-electron chi connectivity index (χ1n) is 4.54. The maximum Gasteiger partial charge on any atom is 0.201 e. The molecule has 13 heavy (non-hydrogen) atoms. The van der Waals surface area contributed by atoms with Crippen molar-refractivity contribution in [3.63, 3.8) is 0 Å². The third-order valence-corrected chi connectivity index (χ3v) is 4.11. The van der Waals surface area contributed by atoms with Gasteiger partial charge in [0.2, 0.25) is 5.79 Å². The summed E-state index contributed by atoms with van der Waals surface area (Å²) in [6.45, 7) is 5.97. The van der Waals surface area contributed by atoms with E-state index in [4.69, 9.17) is 9.47 Å². The van der Waals surface area contributed by atoms with Crippen LogP contribution in [0.1, 0.15) is 20.8 Å². The minimum Gasteiger partial charge on any atom is -0.369 e. The van der Waals surface area contributed by atoms with Crippen molar-refractivity contribution in [1.82, 2.24) is 0 Å². The Morgan fingerprint density at radius 3 is 2.62 bits per heavy atom. The number of thioether (sulfide) groups is 1. The lowest BCUT2D eigenvalue weighted by Crippen LogP contribution is -2.45. The number of aliphatic hydroxyl groups is 1. The first-order valence-corrected chi connectivity index (χ1v) is 5.59. The molecule has 78 valence electrons. The summed E-state index contributed by atoms with van der Waals surface area (Å²) in [6.07, 6.45) is -0.117. The second kappa shape index (κ2) is 4.17. The fourth-order valence-electron chi connectivity index (χ4n) is 1.27. The van der Waals surface area contributed by atoms with E-state index < -0.39 is 5.79 Å². The van der Waals surface area contributed by atoms with Gasteiger partial charge in [-0.1, -0.05) is 6.92 Å². The molecular weight excluding hydrogens is 188 g/mol. The van der Waals surface area contributed by atoms with Crippen LogP contribution in [0, 0.1) is 0 Å². The molecule has 4 unspecified atom stereocenters. The summed E-state index contributed by atoms with van der Waals surface area (Å²) in [7, 11) is 1.51. The van der Waals surface area contributed by atoms with Crippen molar-refractivity contribution in [1.29, 1.82) is 0 Å². The Morgan fingerprint density at radius 2 is 2.08 bits per heavy atom. The lowest BCUT2D eigenvalue weighted by molar-refractivity contribution is -0.239. The van der Waals surface area contributed by atoms with Gasteiger partial charge in [0.15, 0.2) is 0 Å². The van der Waals surface area contributed by atoms with Gasteiger partial charge in [0.05, 0.1) is 11.9 Å². The highest BCUT2D eigenvalue weighted by Crippen LogP contribution is 2.31. The molecule has 0 aromatic carbocycles. The average molecular weight is 206 g/mol. The molecule has 1 saturated heterocycles. The molecule has 0 amide bonds. The number of hydrogen-bond donors (Lipinski definition) is 1. The largest absolute Gasteiger partial charge is 0.369 e. The van der Waals surface area contributed by atoms with Gasteiger partial charge < -0.3 is 14.6 Å². The van der Waals surface area contributed by atoms with Crippen LogP contribution in [0.15, 0.2) is 0 Å². The van der Waals surface area contributed by atoms with E-state index in [1.807, 2.05) is 13.8 Å². The first kappa shape index (κ1) is 11.3. The molecule has 1 aliphatic rings. The fourth-order valence-corrected chi connectivity index (χ4v) is 2.46. The summed E-state index contributed by atoms with van der Waals surface area (Å²) < 4.78 is 10.7. The van der Waals surface area contributed by atoms with E-state index >= 15 is 0 Å². The van der Waals surface area contributed by atoms with Crippen LogP contribution in [-0.2, 0) is 9.47 Å². The molecule has 4 heteroatoms. The van der Waals surface area contributed by atoms with Crippen LogP contribution in [0.3, 0.4) is 0 Å². The normalized spacial score (nSPS) is 47.3. The van der Waals surface area contributed by atoms with Crippen LogP contribution in [0.2, 0.25) is 0 Å². The van der Waals surface area contributed by atoms with Gasteiger partial charge in [-0.2, -0.15) is 11.8 Å². The van der Waals surface area contributed by atoms with Crippen LogP contribution in [-0.4, -0.2) is 41.2 Å². The monoisotopic (exact) mass is 206 g/mol. The first-order chi connectivity index (χ1) is 5.99. The van der Waals surface area contributed by atoms with Crippen LogP contribution >= 0.6 is 11.8 Å². The molecular formula is C9H18O3S. The predicted octanol–water partition coefficient (Wildman–Crippen LogP) is 1.25. The van der Waals surface area contributed by atoms with E-state index in [1.165, 1.54) is 7.11 Å². The quantitative estimate of drug-likeness (QED) is 0.655. The Balaban J connectivity index is 2.71. The molecule has 1 aliphatic heterocycles. The Labute approximate surface area is 83.8 Å². The lowest BCUT2D eigenvalue weighted by atomic mass is 10.2. The third kappa shape index (κ3) is 2.37. The van der Waals surface area contributed by atoms with Gasteiger partial charge in [-0.15, -0.1) is 0 Å². The smallest absolute Gasteiger partial charge is 0.201 e.